The summed E-state index contributed by atoms with van der Waals surface area (Å²) in [6.07, 6.45) is 8.06. The van der Waals surface area contributed by atoms with Gasteiger partial charge in [-0.1, -0.05) is 38.3 Å². The van der Waals surface area contributed by atoms with Gasteiger partial charge in [-0.2, -0.15) is 0 Å². The Bertz CT molecular complexity index is 464. The lowest BCUT2D eigenvalue weighted by atomic mass is 10.1. The second kappa shape index (κ2) is 10.0. The molecule has 0 atom stereocenters. The zero-order chi connectivity index (χ0) is 15.5. The van der Waals surface area contributed by atoms with Crippen molar-refractivity contribution in [2.45, 2.75) is 46.5 Å². The Kier molecular flexibility index (Phi) is 8.25. The van der Waals surface area contributed by atoms with E-state index in [0.29, 0.717) is 13.2 Å². The van der Waals surface area contributed by atoms with Crippen molar-refractivity contribution in [3.8, 4) is 11.5 Å². The van der Waals surface area contributed by atoms with Gasteiger partial charge < -0.3 is 9.47 Å². The van der Waals surface area contributed by atoms with E-state index in [9.17, 15) is 4.79 Å². The molecular formula is C18H26O3. The number of rotatable bonds is 10. The summed E-state index contributed by atoms with van der Waals surface area (Å²) in [6, 6.07) is 5.75. The van der Waals surface area contributed by atoms with Gasteiger partial charge in [0.1, 0.15) is 0 Å². The van der Waals surface area contributed by atoms with Crippen LogP contribution in [0.25, 0.3) is 6.08 Å². The average Bonchev–Trinajstić information content (AvgIpc) is 2.47. The molecule has 0 fully saturated rings. The van der Waals surface area contributed by atoms with Crippen LogP contribution in [0.5, 0.6) is 11.5 Å². The molecule has 0 bridgehead atoms. The van der Waals surface area contributed by atoms with E-state index < -0.39 is 0 Å². The molecule has 0 unspecified atom stereocenters. The van der Waals surface area contributed by atoms with E-state index in [1.165, 1.54) is 26.2 Å². The monoisotopic (exact) mass is 290 g/mol. The van der Waals surface area contributed by atoms with Crippen LogP contribution in [0.15, 0.2) is 24.3 Å². The maximum Gasteiger partial charge on any atom is 0.161 e. The highest BCUT2D eigenvalue weighted by Crippen LogP contribution is 2.29. The lowest BCUT2D eigenvalue weighted by Crippen LogP contribution is -2.01. The molecule has 0 spiro atoms. The molecule has 0 saturated heterocycles. The lowest BCUT2D eigenvalue weighted by Gasteiger charge is -2.12. The van der Waals surface area contributed by atoms with Crippen LogP contribution >= 0.6 is 0 Å². The average molecular weight is 290 g/mol. The van der Waals surface area contributed by atoms with Gasteiger partial charge in [-0.15, -0.1) is 0 Å². The minimum Gasteiger partial charge on any atom is -0.490 e. The van der Waals surface area contributed by atoms with Gasteiger partial charge >= 0.3 is 0 Å². The number of benzene rings is 1. The highest BCUT2D eigenvalue weighted by Gasteiger charge is 2.05. The van der Waals surface area contributed by atoms with Crippen LogP contribution < -0.4 is 9.47 Å². The molecule has 0 amide bonds. The molecule has 1 aromatic rings. The number of ketones is 1. The summed E-state index contributed by atoms with van der Waals surface area (Å²) < 4.78 is 11.4. The molecule has 1 rings (SSSR count). The zero-order valence-electron chi connectivity index (χ0n) is 13.4. The fourth-order valence-electron chi connectivity index (χ4n) is 1.94. The molecule has 0 aliphatic rings. The first-order valence-electron chi connectivity index (χ1n) is 7.75. The molecule has 0 aliphatic heterocycles. The molecule has 0 heterocycles. The summed E-state index contributed by atoms with van der Waals surface area (Å²) in [5.41, 5.74) is 0.937. The van der Waals surface area contributed by atoms with Crippen LogP contribution in [0.4, 0.5) is 0 Å². The maximum atomic E-state index is 11.0. The van der Waals surface area contributed by atoms with E-state index in [2.05, 4.69) is 6.92 Å². The first kappa shape index (κ1) is 17.3. The smallest absolute Gasteiger partial charge is 0.161 e. The van der Waals surface area contributed by atoms with Crippen molar-refractivity contribution in [3.63, 3.8) is 0 Å². The molecule has 0 aliphatic carbocycles. The van der Waals surface area contributed by atoms with E-state index in [-0.39, 0.29) is 5.78 Å². The maximum absolute atomic E-state index is 11.0. The number of hydrogen-bond acceptors (Lipinski definition) is 3. The van der Waals surface area contributed by atoms with Gasteiger partial charge in [0.15, 0.2) is 17.3 Å². The van der Waals surface area contributed by atoms with E-state index in [1.807, 2.05) is 25.1 Å². The number of carbonyl (C=O) groups excluding carboxylic acids is 1. The van der Waals surface area contributed by atoms with Crippen molar-refractivity contribution < 1.29 is 14.3 Å². The molecule has 21 heavy (non-hydrogen) atoms. The summed E-state index contributed by atoms with van der Waals surface area (Å²) in [7, 11) is 0. The standard InChI is InChI=1S/C18H26O3/c1-4-6-7-8-13-21-17-12-11-16(10-9-15(3)19)14-18(17)20-5-2/h9-12,14H,4-8,13H2,1-3H3/b10-9+. The third-order valence-electron chi connectivity index (χ3n) is 3.03. The van der Waals surface area contributed by atoms with Gasteiger partial charge in [0.05, 0.1) is 13.2 Å². The molecular weight excluding hydrogens is 264 g/mol. The largest absolute Gasteiger partial charge is 0.490 e. The van der Waals surface area contributed by atoms with Crippen molar-refractivity contribution in [3.05, 3.63) is 29.8 Å². The first-order valence-corrected chi connectivity index (χ1v) is 7.75. The van der Waals surface area contributed by atoms with Crippen molar-refractivity contribution in [1.82, 2.24) is 0 Å². The molecule has 116 valence electrons. The van der Waals surface area contributed by atoms with Crippen LogP contribution in [-0.2, 0) is 4.79 Å². The normalized spacial score (nSPS) is 10.8. The summed E-state index contributed by atoms with van der Waals surface area (Å²) in [4.78, 5) is 11.0. The Balaban J connectivity index is 2.67. The molecule has 0 aromatic heterocycles. The predicted molar refractivity (Wildman–Crippen MR) is 87.0 cm³/mol. The van der Waals surface area contributed by atoms with E-state index in [4.69, 9.17) is 9.47 Å². The Morgan fingerprint density at radius 2 is 1.90 bits per heavy atom. The van der Waals surface area contributed by atoms with Crippen molar-refractivity contribution in [1.29, 1.82) is 0 Å². The molecule has 3 nitrogen and oxygen atoms in total. The van der Waals surface area contributed by atoms with Gasteiger partial charge in [-0.3, -0.25) is 4.79 Å². The second-order valence-corrected chi connectivity index (χ2v) is 4.99. The first-order chi connectivity index (χ1) is 10.2. The number of carbonyl (C=O) groups is 1. The predicted octanol–water partition coefficient (Wildman–Crippen LogP) is 4.65. The minimum absolute atomic E-state index is 0.0317. The summed E-state index contributed by atoms with van der Waals surface area (Å²) in [5, 5.41) is 0. The highest BCUT2D eigenvalue weighted by atomic mass is 16.5. The highest BCUT2D eigenvalue weighted by molar-refractivity contribution is 5.91. The zero-order valence-corrected chi connectivity index (χ0v) is 13.4. The number of ether oxygens (including phenoxy) is 2. The van der Waals surface area contributed by atoms with Crippen molar-refractivity contribution in [2.75, 3.05) is 13.2 Å². The van der Waals surface area contributed by atoms with Crippen molar-refractivity contribution in [2.24, 2.45) is 0 Å². The van der Waals surface area contributed by atoms with Crippen molar-refractivity contribution >= 4 is 11.9 Å². The fraction of sp³-hybridized carbons (Fsp3) is 0.500. The summed E-state index contributed by atoms with van der Waals surface area (Å²) in [6.45, 7) is 6.98. The van der Waals surface area contributed by atoms with E-state index in [1.54, 1.807) is 12.2 Å². The quantitative estimate of drug-likeness (QED) is 0.465. The molecule has 1 aromatic carbocycles. The van der Waals surface area contributed by atoms with Gasteiger partial charge in [-0.05, 0) is 44.0 Å². The van der Waals surface area contributed by atoms with Gasteiger partial charge in [0, 0.05) is 0 Å². The third kappa shape index (κ3) is 6.98. The lowest BCUT2D eigenvalue weighted by molar-refractivity contribution is -0.112. The van der Waals surface area contributed by atoms with Gasteiger partial charge in [0.2, 0.25) is 0 Å². The van der Waals surface area contributed by atoms with Crippen LogP contribution in [-0.4, -0.2) is 19.0 Å². The second-order valence-electron chi connectivity index (χ2n) is 4.99. The Morgan fingerprint density at radius 1 is 1.10 bits per heavy atom. The summed E-state index contributed by atoms with van der Waals surface area (Å²) in [5.74, 6) is 1.54. The van der Waals surface area contributed by atoms with Crippen LogP contribution in [0.3, 0.4) is 0 Å². The molecule has 0 N–H and O–H groups in total. The molecule has 3 heteroatoms. The van der Waals surface area contributed by atoms with Crippen LogP contribution in [0.2, 0.25) is 0 Å². The SMILES string of the molecule is CCCCCCOc1ccc(/C=C/C(C)=O)cc1OCC. The number of allylic oxidation sites excluding steroid dienone is 1. The molecule has 0 saturated carbocycles. The van der Waals surface area contributed by atoms with E-state index in [0.717, 1.165) is 23.5 Å². The van der Waals surface area contributed by atoms with Gasteiger partial charge in [0.25, 0.3) is 0 Å². The number of unbranched alkanes of at least 4 members (excludes halogenated alkanes) is 3. The summed E-state index contributed by atoms with van der Waals surface area (Å²) >= 11 is 0. The Labute approximate surface area is 128 Å². The topological polar surface area (TPSA) is 35.5 Å². The number of hydrogen-bond donors (Lipinski definition) is 0. The third-order valence-corrected chi connectivity index (χ3v) is 3.03. The Morgan fingerprint density at radius 3 is 2.57 bits per heavy atom. The van der Waals surface area contributed by atoms with Crippen LogP contribution in [0.1, 0.15) is 52.0 Å². The minimum atomic E-state index is 0.0317. The molecule has 0 radical (unpaired) electrons. The van der Waals surface area contributed by atoms with E-state index >= 15 is 0 Å². The van der Waals surface area contributed by atoms with Gasteiger partial charge in [-0.25, -0.2) is 0 Å². The van der Waals surface area contributed by atoms with Crippen LogP contribution in [0, 0.1) is 0 Å². The fourth-order valence-corrected chi connectivity index (χ4v) is 1.94. The Hall–Kier alpha value is -1.77.